The fraction of sp³-hybridized carbons (Fsp3) is 0.133. The van der Waals surface area contributed by atoms with Gasteiger partial charge in [-0.1, -0.05) is 29.8 Å². The highest BCUT2D eigenvalue weighted by atomic mass is 79.9. The van der Waals surface area contributed by atoms with Crippen LogP contribution in [0.3, 0.4) is 0 Å². The third kappa shape index (κ3) is 3.58. The Morgan fingerprint density at radius 3 is 2.53 bits per heavy atom. The maximum Gasteiger partial charge on any atom is 0.336 e. The summed E-state index contributed by atoms with van der Waals surface area (Å²) in [5.74, 6) is -0.436. The Kier molecular flexibility index (Phi) is 4.22. The van der Waals surface area contributed by atoms with E-state index in [-0.39, 0.29) is 5.56 Å². The monoisotopic (exact) mass is 320 g/mol. The van der Waals surface area contributed by atoms with Gasteiger partial charge >= 0.3 is 5.97 Å². The van der Waals surface area contributed by atoms with E-state index in [1.54, 1.807) is 12.1 Å². The molecule has 0 aliphatic heterocycles. The number of carboxylic acids is 1. The van der Waals surface area contributed by atoms with Crippen molar-refractivity contribution in [3.63, 3.8) is 0 Å². The van der Waals surface area contributed by atoms with E-state index in [1.165, 1.54) is 11.6 Å². The number of ether oxygens (including phenoxy) is 1. The molecular weight excluding hydrogens is 308 g/mol. The van der Waals surface area contributed by atoms with Crippen molar-refractivity contribution in [1.29, 1.82) is 0 Å². The Labute approximate surface area is 120 Å². The summed E-state index contributed by atoms with van der Waals surface area (Å²) in [4.78, 5) is 11.0. The summed E-state index contributed by atoms with van der Waals surface area (Å²) >= 11 is 3.20. The lowest BCUT2D eigenvalue weighted by molar-refractivity contribution is 0.0695. The van der Waals surface area contributed by atoms with Crippen LogP contribution in [0.25, 0.3) is 0 Å². The van der Waals surface area contributed by atoms with Crippen LogP contribution >= 0.6 is 15.9 Å². The van der Waals surface area contributed by atoms with Gasteiger partial charge in [-0.05, 0) is 46.6 Å². The van der Waals surface area contributed by atoms with Crippen molar-refractivity contribution < 1.29 is 14.6 Å². The Hall–Kier alpha value is -1.81. The van der Waals surface area contributed by atoms with E-state index in [0.717, 1.165) is 5.56 Å². The minimum Gasteiger partial charge on any atom is -0.489 e. The van der Waals surface area contributed by atoms with E-state index >= 15 is 0 Å². The zero-order valence-corrected chi connectivity index (χ0v) is 12.0. The van der Waals surface area contributed by atoms with E-state index in [2.05, 4.69) is 15.9 Å². The van der Waals surface area contributed by atoms with Gasteiger partial charge in [0.2, 0.25) is 0 Å². The van der Waals surface area contributed by atoms with Crippen molar-refractivity contribution in [3.8, 4) is 5.75 Å². The molecule has 1 N–H and O–H groups in total. The van der Waals surface area contributed by atoms with Gasteiger partial charge in [0.1, 0.15) is 12.4 Å². The van der Waals surface area contributed by atoms with Gasteiger partial charge < -0.3 is 9.84 Å². The second kappa shape index (κ2) is 5.89. The standard InChI is InChI=1S/C15H13BrO3/c1-10-2-4-11(5-3-10)9-19-12-6-7-14(16)13(8-12)15(17)18/h2-8H,9H2,1H3,(H,17,18). The molecule has 0 unspecified atom stereocenters. The smallest absolute Gasteiger partial charge is 0.336 e. The summed E-state index contributed by atoms with van der Waals surface area (Å²) < 4.78 is 6.14. The minimum absolute atomic E-state index is 0.196. The molecule has 0 atom stereocenters. The van der Waals surface area contributed by atoms with Gasteiger partial charge in [0.25, 0.3) is 0 Å². The summed E-state index contributed by atoms with van der Waals surface area (Å²) in [5.41, 5.74) is 2.44. The first-order valence-corrected chi connectivity index (χ1v) is 6.57. The molecule has 3 nitrogen and oxygen atoms in total. The van der Waals surface area contributed by atoms with Gasteiger partial charge in [-0.25, -0.2) is 4.79 Å². The zero-order chi connectivity index (χ0) is 13.8. The van der Waals surface area contributed by atoms with Crippen LogP contribution < -0.4 is 4.74 Å². The molecule has 0 aromatic heterocycles. The van der Waals surface area contributed by atoms with Crippen molar-refractivity contribution in [2.75, 3.05) is 0 Å². The molecule has 0 aliphatic carbocycles. The molecule has 2 aromatic carbocycles. The number of halogens is 1. The number of hydrogen-bond acceptors (Lipinski definition) is 2. The van der Waals surface area contributed by atoms with Crippen LogP contribution in [0.15, 0.2) is 46.9 Å². The van der Waals surface area contributed by atoms with Crippen molar-refractivity contribution in [3.05, 3.63) is 63.6 Å². The van der Waals surface area contributed by atoms with Crippen LogP contribution in [0.4, 0.5) is 0 Å². The molecule has 2 rings (SSSR count). The maximum atomic E-state index is 11.0. The second-order valence-corrected chi connectivity index (χ2v) is 5.08. The third-order valence-corrected chi connectivity index (χ3v) is 3.39. The van der Waals surface area contributed by atoms with Crippen LogP contribution in [0.2, 0.25) is 0 Å². The largest absolute Gasteiger partial charge is 0.489 e. The summed E-state index contributed by atoms with van der Waals surface area (Å²) in [5, 5.41) is 9.02. The van der Waals surface area contributed by atoms with Crippen molar-refractivity contribution in [2.24, 2.45) is 0 Å². The summed E-state index contributed by atoms with van der Waals surface area (Å²) in [6.07, 6.45) is 0. The van der Waals surface area contributed by atoms with E-state index < -0.39 is 5.97 Å². The number of carboxylic acid groups (broad SMARTS) is 1. The van der Waals surface area contributed by atoms with Crippen LogP contribution in [-0.4, -0.2) is 11.1 Å². The molecule has 0 aliphatic rings. The number of rotatable bonds is 4. The lowest BCUT2D eigenvalue weighted by Crippen LogP contribution is -2.00. The molecule has 0 saturated carbocycles. The highest BCUT2D eigenvalue weighted by Gasteiger charge is 2.09. The highest BCUT2D eigenvalue weighted by Crippen LogP contribution is 2.23. The second-order valence-electron chi connectivity index (χ2n) is 4.22. The predicted octanol–water partition coefficient (Wildman–Crippen LogP) is 4.03. The third-order valence-electron chi connectivity index (χ3n) is 2.69. The molecule has 98 valence electrons. The Morgan fingerprint density at radius 2 is 1.89 bits per heavy atom. The molecular formula is C15H13BrO3. The molecule has 0 radical (unpaired) electrons. The van der Waals surface area contributed by atoms with E-state index in [4.69, 9.17) is 9.84 Å². The first kappa shape index (κ1) is 13.6. The maximum absolute atomic E-state index is 11.0. The topological polar surface area (TPSA) is 46.5 Å². The van der Waals surface area contributed by atoms with Gasteiger partial charge in [0.15, 0.2) is 0 Å². The number of aromatic carboxylic acids is 1. The molecule has 0 saturated heterocycles. The van der Waals surface area contributed by atoms with Gasteiger partial charge in [-0.15, -0.1) is 0 Å². The lowest BCUT2D eigenvalue weighted by atomic mass is 10.2. The van der Waals surface area contributed by atoms with Crippen LogP contribution in [0, 0.1) is 6.92 Å². The van der Waals surface area contributed by atoms with Crippen LogP contribution in [-0.2, 0) is 6.61 Å². The summed E-state index contributed by atoms with van der Waals surface area (Å²) in [7, 11) is 0. The van der Waals surface area contributed by atoms with Gasteiger partial charge in [-0.3, -0.25) is 0 Å². The molecule has 19 heavy (non-hydrogen) atoms. The quantitative estimate of drug-likeness (QED) is 0.924. The molecule has 0 heterocycles. The average Bonchev–Trinajstić information content (AvgIpc) is 2.39. The van der Waals surface area contributed by atoms with Crippen LogP contribution in [0.1, 0.15) is 21.5 Å². The van der Waals surface area contributed by atoms with Gasteiger partial charge in [0, 0.05) is 4.47 Å². The fourth-order valence-electron chi connectivity index (χ4n) is 1.61. The average molecular weight is 321 g/mol. The fourth-order valence-corrected chi connectivity index (χ4v) is 2.03. The van der Waals surface area contributed by atoms with E-state index in [0.29, 0.717) is 16.8 Å². The molecule has 2 aromatic rings. The van der Waals surface area contributed by atoms with E-state index in [9.17, 15) is 4.79 Å². The van der Waals surface area contributed by atoms with Crippen LogP contribution in [0.5, 0.6) is 5.75 Å². The normalized spacial score (nSPS) is 10.2. The first-order valence-electron chi connectivity index (χ1n) is 5.77. The first-order chi connectivity index (χ1) is 9.06. The minimum atomic E-state index is -0.979. The van der Waals surface area contributed by atoms with Gasteiger partial charge in [0.05, 0.1) is 5.56 Å². The summed E-state index contributed by atoms with van der Waals surface area (Å²) in [6, 6.07) is 12.9. The zero-order valence-electron chi connectivity index (χ0n) is 10.4. The highest BCUT2D eigenvalue weighted by molar-refractivity contribution is 9.10. The Bertz CT molecular complexity index is 591. The molecule has 0 fully saturated rings. The van der Waals surface area contributed by atoms with Crippen molar-refractivity contribution >= 4 is 21.9 Å². The molecule has 0 amide bonds. The molecule has 4 heteroatoms. The SMILES string of the molecule is Cc1ccc(COc2ccc(Br)c(C(=O)O)c2)cc1. The Morgan fingerprint density at radius 1 is 1.21 bits per heavy atom. The van der Waals surface area contributed by atoms with Crippen molar-refractivity contribution in [2.45, 2.75) is 13.5 Å². The predicted molar refractivity (Wildman–Crippen MR) is 76.6 cm³/mol. The number of aryl methyl sites for hydroxylation is 1. The number of carbonyl (C=O) groups is 1. The Balaban J connectivity index is 2.09. The molecule has 0 spiro atoms. The summed E-state index contributed by atoms with van der Waals surface area (Å²) in [6.45, 7) is 2.44. The van der Waals surface area contributed by atoms with Gasteiger partial charge in [-0.2, -0.15) is 0 Å². The lowest BCUT2D eigenvalue weighted by Gasteiger charge is -2.08. The number of hydrogen-bond donors (Lipinski definition) is 1. The van der Waals surface area contributed by atoms with Crippen molar-refractivity contribution in [1.82, 2.24) is 0 Å². The molecule has 0 bridgehead atoms. The van der Waals surface area contributed by atoms with E-state index in [1.807, 2.05) is 31.2 Å². The number of benzene rings is 2.